The molecule has 0 aliphatic rings. The highest BCUT2D eigenvalue weighted by Crippen LogP contribution is 2.23. The molecule has 0 unspecified atom stereocenters. The Kier molecular flexibility index (Phi) is 4.48. The molecule has 1 heterocycles. The van der Waals surface area contributed by atoms with Gasteiger partial charge in [-0.05, 0) is 31.0 Å². The van der Waals surface area contributed by atoms with Crippen LogP contribution in [0.25, 0.3) is 11.1 Å². The maximum absolute atomic E-state index is 11.2. The van der Waals surface area contributed by atoms with Crippen molar-refractivity contribution in [1.82, 2.24) is 4.98 Å². The van der Waals surface area contributed by atoms with Crippen molar-refractivity contribution >= 4 is 5.91 Å². The van der Waals surface area contributed by atoms with Gasteiger partial charge in [0.1, 0.15) is 0 Å². The monoisotopic (exact) mass is 270 g/mol. The standard InChI is InChI=1S/C16H18N2O2/c1-3-20-11(2)12-4-6-13(7-5-12)14-8-15(16(17)19)10-18-9-14/h4-11H,3H2,1-2H3,(H2,17,19)/t11-/m0/s1. The largest absolute Gasteiger partial charge is 0.374 e. The highest BCUT2D eigenvalue weighted by Gasteiger charge is 2.07. The summed E-state index contributed by atoms with van der Waals surface area (Å²) in [5.74, 6) is -0.471. The SMILES string of the molecule is CCO[C@@H](C)c1ccc(-c2cncc(C(N)=O)c2)cc1. The summed E-state index contributed by atoms with van der Waals surface area (Å²) in [6.07, 6.45) is 3.26. The summed E-state index contributed by atoms with van der Waals surface area (Å²) >= 11 is 0. The second-order valence-corrected chi connectivity index (χ2v) is 4.55. The maximum atomic E-state index is 11.2. The minimum absolute atomic E-state index is 0.0733. The van der Waals surface area contributed by atoms with Crippen LogP contribution in [0.3, 0.4) is 0 Å². The van der Waals surface area contributed by atoms with Crippen molar-refractivity contribution in [3.05, 3.63) is 53.9 Å². The Morgan fingerprint density at radius 1 is 1.25 bits per heavy atom. The molecule has 0 spiro atoms. The molecule has 0 aliphatic carbocycles. The number of nitrogens with two attached hydrogens (primary N) is 1. The first-order chi connectivity index (χ1) is 9.61. The van der Waals surface area contributed by atoms with E-state index >= 15 is 0 Å². The van der Waals surface area contributed by atoms with Crippen molar-refractivity contribution in [1.29, 1.82) is 0 Å². The van der Waals surface area contributed by atoms with Crippen molar-refractivity contribution in [3.8, 4) is 11.1 Å². The van der Waals surface area contributed by atoms with Gasteiger partial charge in [-0.3, -0.25) is 9.78 Å². The lowest BCUT2D eigenvalue weighted by Gasteiger charge is -2.12. The molecule has 0 fully saturated rings. The molecule has 1 aromatic carbocycles. The average molecular weight is 270 g/mol. The molecule has 0 saturated carbocycles. The third-order valence-electron chi connectivity index (χ3n) is 3.15. The summed E-state index contributed by atoms with van der Waals surface area (Å²) in [7, 11) is 0. The normalized spacial score (nSPS) is 12.1. The van der Waals surface area contributed by atoms with Gasteiger partial charge in [-0.2, -0.15) is 0 Å². The molecule has 1 amide bonds. The third kappa shape index (κ3) is 3.22. The number of pyridine rings is 1. The van der Waals surface area contributed by atoms with E-state index in [4.69, 9.17) is 10.5 Å². The Labute approximate surface area is 118 Å². The van der Waals surface area contributed by atoms with E-state index in [1.54, 1.807) is 12.3 Å². The van der Waals surface area contributed by atoms with Gasteiger partial charge in [0, 0.05) is 24.6 Å². The smallest absolute Gasteiger partial charge is 0.250 e. The molecular formula is C16H18N2O2. The molecule has 0 aliphatic heterocycles. The molecule has 1 aromatic heterocycles. The number of carbonyl (C=O) groups excluding carboxylic acids is 1. The fourth-order valence-electron chi connectivity index (χ4n) is 2.03. The molecule has 1 atom stereocenters. The number of carbonyl (C=O) groups is 1. The van der Waals surface area contributed by atoms with Gasteiger partial charge >= 0.3 is 0 Å². The number of primary amides is 1. The zero-order chi connectivity index (χ0) is 14.5. The molecular weight excluding hydrogens is 252 g/mol. The topological polar surface area (TPSA) is 65.2 Å². The molecule has 2 aromatic rings. The maximum Gasteiger partial charge on any atom is 0.250 e. The molecule has 2 N–H and O–H groups in total. The first-order valence-corrected chi connectivity index (χ1v) is 6.58. The zero-order valence-corrected chi connectivity index (χ0v) is 11.7. The number of nitrogens with zero attached hydrogens (tertiary/aromatic N) is 1. The van der Waals surface area contributed by atoms with Gasteiger partial charge in [-0.1, -0.05) is 24.3 Å². The van der Waals surface area contributed by atoms with Gasteiger partial charge in [0.15, 0.2) is 0 Å². The second-order valence-electron chi connectivity index (χ2n) is 4.55. The van der Waals surface area contributed by atoms with Crippen molar-refractivity contribution in [2.75, 3.05) is 6.61 Å². The fraction of sp³-hybridized carbons (Fsp3) is 0.250. The molecule has 20 heavy (non-hydrogen) atoms. The van der Waals surface area contributed by atoms with E-state index in [-0.39, 0.29) is 6.10 Å². The van der Waals surface area contributed by atoms with Crippen LogP contribution in [0.4, 0.5) is 0 Å². The highest BCUT2D eigenvalue weighted by atomic mass is 16.5. The summed E-state index contributed by atoms with van der Waals surface area (Å²) in [6.45, 7) is 4.69. The van der Waals surface area contributed by atoms with E-state index in [0.29, 0.717) is 12.2 Å². The van der Waals surface area contributed by atoms with Gasteiger partial charge in [0.05, 0.1) is 11.7 Å². The molecule has 2 rings (SSSR count). The van der Waals surface area contributed by atoms with Crippen LogP contribution in [0.1, 0.15) is 35.9 Å². The summed E-state index contributed by atoms with van der Waals surface area (Å²) in [5, 5.41) is 0. The molecule has 4 heteroatoms. The average Bonchev–Trinajstić information content (AvgIpc) is 2.48. The summed E-state index contributed by atoms with van der Waals surface area (Å²) in [5.41, 5.74) is 8.66. The van der Waals surface area contributed by atoms with Crippen molar-refractivity contribution < 1.29 is 9.53 Å². The molecule has 104 valence electrons. The predicted octanol–water partition coefficient (Wildman–Crippen LogP) is 2.95. The fourth-order valence-corrected chi connectivity index (χ4v) is 2.03. The van der Waals surface area contributed by atoms with E-state index in [0.717, 1.165) is 16.7 Å². The van der Waals surface area contributed by atoms with E-state index in [9.17, 15) is 4.79 Å². The van der Waals surface area contributed by atoms with Crippen LogP contribution in [0.5, 0.6) is 0 Å². The summed E-state index contributed by atoms with van der Waals surface area (Å²) < 4.78 is 5.55. The number of amides is 1. The Morgan fingerprint density at radius 2 is 1.95 bits per heavy atom. The lowest BCUT2D eigenvalue weighted by Crippen LogP contribution is -2.11. The lowest BCUT2D eigenvalue weighted by molar-refractivity contribution is 0.0764. The Bertz CT molecular complexity index is 594. The Morgan fingerprint density at radius 3 is 2.55 bits per heavy atom. The van der Waals surface area contributed by atoms with Crippen LogP contribution in [0.15, 0.2) is 42.7 Å². The number of ether oxygens (including phenoxy) is 1. The first kappa shape index (κ1) is 14.2. The van der Waals surface area contributed by atoms with E-state index in [2.05, 4.69) is 4.98 Å². The zero-order valence-electron chi connectivity index (χ0n) is 11.7. The summed E-state index contributed by atoms with van der Waals surface area (Å²) in [6, 6.07) is 9.77. The van der Waals surface area contributed by atoms with Crippen LogP contribution >= 0.6 is 0 Å². The van der Waals surface area contributed by atoms with Crippen LogP contribution in [0, 0.1) is 0 Å². The van der Waals surface area contributed by atoms with E-state index < -0.39 is 5.91 Å². The number of aromatic nitrogens is 1. The Hall–Kier alpha value is -2.20. The number of hydrogen-bond donors (Lipinski definition) is 1. The molecule has 0 radical (unpaired) electrons. The molecule has 0 saturated heterocycles. The van der Waals surface area contributed by atoms with Crippen molar-refractivity contribution in [2.24, 2.45) is 5.73 Å². The van der Waals surface area contributed by atoms with Gasteiger partial charge in [0.25, 0.3) is 0 Å². The predicted molar refractivity (Wildman–Crippen MR) is 78.2 cm³/mol. The van der Waals surface area contributed by atoms with Crippen LogP contribution in [-0.4, -0.2) is 17.5 Å². The van der Waals surface area contributed by atoms with Crippen molar-refractivity contribution in [2.45, 2.75) is 20.0 Å². The van der Waals surface area contributed by atoms with Gasteiger partial charge in [0.2, 0.25) is 5.91 Å². The Balaban J connectivity index is 2.26. The second kappa shape index (κ2) is 6.30. The quantitative estimate of drug-likeness (QED) is 0.908. The van der Waals surface area contributed by atoms with Crippen LogP contribution < -0.4 is 5.73 Å². The number of hydrogen-bond acceptors (Lipinski definition) is 3. The molecule has 0 bridgehead atoms. The van der Waals surface area contributed by atoms with Gasteiger partial charge in [-0.25, -0.2) is 0 Å². The van der Waals surface area contributed by atoms with Gasteiger partial charge < -0.3 is 10.5 Å². The molecule has 4 nitrogen and oxygen atoms in total. The van der Waals surface area contributed by atoms with Crippen molar-refractivity contribution in [3.63, 3.8) is 0 Å². The summed E-state index contributed by atoms with van der Waals surface area (Å²) in [4.78, 5) is 15.2. The van der Waals surface area contributed by atoms with Crippen LogP contribution in [-0.2, 0) is 4.74 Å². The minimum Gasteiger partial charge on any atom is -0.374 e. The number of benzene rings is 1. The van der Waals surface area contributed by atoms with E-state index in [1.807, 2.05) is 38.1 Å². The minimum atomic E-state index is -0.471. The first-order valence-electron chi connectivity index (χ1n) is 6.58. The lowest BCUT2D eigenvalue weighted by atomic mass is 10.0. The number of rotatable bonds is 5. The highest BCUT2D eigenvalue weighted by molar-refractivity contribution is 5.93. The van der Waals surface area contributed by atoms with Gasteiger partial charge in [-0.15, -0.1) is 0 Å². The van der Waals surface area contributed by atoms with Crippen LogP contribution in [0.2, 0.25) is 0 Å². The van der Waals surface area contributed by atoms with E-state index in [1.165, 1.54) is 6.20 Å². The third-order valence-corrected chi connectivity index (χ3v) is 3.15.